The van der Waals surface area contributed by atoms with E-state index in [9.17, 15) is 14.4 Å². The molecular formula is C58H98O6. The quantitative estimate of drug-likeness (QED) is 0.0262. The van der Waals surface area contributed by atoms with Gasteiger partial charge >= 0.3 is 17.9 Å². The lowest BCUT2D eigenvalue weighted by atomic mass is 10.1. The summed E-state index contributed by atoms with van der Waals surface area (Å²) in [5.41, 5.74) is 0. The maximum Gasteiger partial charge on any atom is 0.306 e. The summed E-state index contributed by atoms with van der Waals surface area (Å²) >= 11 is 0. The second-order valence-electron chi connectivity index (χ2n) is 17.4. The molecule has 0 aliphatic heterocycles. The summed E-state index contributed by atoms with van der Waals surface area (Å²) in [6.07, 6.45) is 67.3. The van der Waals surface area contributed by atoms with Crippen LogP contribution in [0.3, 0.4) is 0 Å². The van der Waals surface area contributed by atoms with E-state index in [-0.39, 0.29) is 44.0 Å². The van der Waals surface area contributed by atoms with E-state index in [0.717, 1.165) is 70.6 Å². The largest absolute Gasteiger partial charge is 0.462 e. The molecule has 0 N–H and O–H groups in total. The van der Waals surface area contributed by atoms with E-state index in [0.29, 0.717) is 19.3 Å². The third-order valence-electron chi connectivity index (χ3n) is 11.1. The molecule has 0 bridgehead atoms. The number of hydrogen-bond donors (Lipinski definition) is 0. The van der Waals surface area contributed by atoms with Crippen molar-refractivity contribution in [1.29, 1.82) is 0 Å². The SMILES string of the molecule is CCCCC/C=C\C/C=C\C/C=C\C/C=C\CCCC(=O)OCC(COC(=O)CC/C=C\C/C=C\CCCCCCCC)OC(=O)CCCCCCC/C=C\CCCCCCCCC. The number of unbranched alkanes of at least 4 members (excludes halogenated alkanes) is 22. The van der Waals surface area contributed by atoms with Gasteiger partial charge in [0.25, 0.3) is 0 Å². The van der Waals surface area contributed by atoms with Crippen LogP contribution in [0.25, 0.3) is 0 Å². The van der Waals surface area contributed by atoms with Crippen LogP contribution < -0.4 is 0 Å². The van der Waals surface area contributed by atoms with Crippen LogP contribution in [0.4, 0.5) is 0 Å². The first-order chi connectivity index (χ1) is 31.5. The van der Waals surface area contributed by atoms with Crippen molar-refractivity contribution in [2.75, 3.05) is 13.2 Å². The van der Waals surface area contributed by atoms with Crippen molar-refractivity contribution < 1.29 is 28.6 Å². The van der Waals surface area contributed by atoms with Gasteiger partial charge in [0.2, 0.25) is 0 Å². The summed E-state index contributed by atoms with van der Waals surface area (Å²) in [5.74, 6) is -1.05. The molecule has 64 heavy (non-hydrogen) atoms. The van der Waals surface area contributed by atoms with Crippen LogP contribution in [0, 0.1) is 0 Å². The Hall–Kier alpha value is -3.41. The first-order valence-corrected chi connectivity index (χ1v) is 26.6. The highest BCUT2D eigenvalue weighted by Gasteiger charge is 2.19. The zero-order chi connectivity index (χ0) is 46.5. The number of carbonyl (C=O) groups is 3. The van der Waals surface area contributed by atoms with E-state index in [2.05, 4.69) is 99.8 Å². The number of ether oxygens (including phenoxy) is 3. The Morgan fingerprint density at radius 1 is 0.312 bits per heavy atom. The minimum Gasteiger partial charge on any atom is -0.462 e. The van der Waals surface area contributed by atoms with Gasteiger partial charge in [0, 0.05) is 19.3 Å². The van der Waals surface area contributed by atoms with Crippen LogP contribution in [0.5, 0.6) is 0 Å². The molecule has 0 saturated heterocycles. The normalized spacial score (nSPS) is 12.7. The molecule has 0 amide bonds. The van der Waals surface area contributed by atoms with E-state index < -0.39 is 6.10 Å². The molecule has 0 heterocycles. The van der Waals surface area contributed by atoms with Gasteiger partial charge in [-0.15, -0.1) is 0 Å². The monoisotopic (exact) mass is 891 g/mol. The molecule has 6 heteroatoms. The number of hydrogen-bond acceptors (Lipinski definition) is 6. The molecular weight excluding hydrogens is 793 g/mol. The molecule has 0 spiro atoms. The lowest BCUT2D eigenvalue weighted by Crippen LogP contribution is -2.30. The van der Waals surface area contributed by atoms with E-state index in [1.165, 1.54) is 122 Å². The molecule has 1 atom stereocenters. The summed E-state index contributed by atoms with van der Waals surface area (Å²) < 4.78 is 16.7. The Bertz CT molecular complexity index is 1250. The molecule has 0 aliphatic rings. The Kier molecular flexibility index (Phi) is 49.4. The molecule has 366 valence electrons. The predicted octanol–water partition coefficient (Wildman–Crippen LogP) is 17.6. The molecule has 0 fully saturated rings. The smallest absolute Gasteiger partial charge is 0.306 e. The van der Waals surface area contributed by atoms with Crippen molar-refractivity contribution in [3.8, 4) is 0 Å². The number of carbonyl (C=O) groups excluding carboxylic acids is 3. The highest BCUT2D eigenvalue weighted by molar-refractivity contribution is 5.71. The van der Waals surface area contributed by atoms with Crippen molar-refractivity contribution in [1.82, 2.24) is 0 Å². The number of esters is 3. The second-order valence-corrected chi connectivity index (χ2v) is 17.4. The minimum absolute atomic E-state index is 0.125. The van der Waals surface area contributed by atoms with Crippen molar-refractivity contribution in [2.45, 2.75) is 252 Å². The van der Waals surface area contributed by atoms with Gasteiger partial charge in [-0.25, -0.2) is 0 Å². The summed E-state index contributed by atoms with van der Waals surface area (Å²) in [4.78, 5) is 37.9. The van der Waals surface area contributed by atoms with Crippen LogP contribution in [0.15, 0.2) is 85.1 Å². The standard InChI is InChI=1S/C58H98O6/c1-4-7-10-13-16-19-22-25-27-29-31-33-36-39-42-45-48-51-57(60)63-54-55(53-62-56(59)50-47-44-41-38-35-32-24-21-18-15-12-9-6-3)64-58(61)52-49-46-43-40-37-34-30-28-26-23-20-17-14-11-8-5-2/h16,19,25,27-28,30-33,35,39,41-42,44,55H,4-15,17-18,20-24,26,29,34,36-38,40,43,45-54H2,1-3H3/b19-16-,27-25-,30-28-,33-31-,35-32-,42-39-,44-41-. The molecule has 0 aromatic heterocycles. The molecule has 0 saturated carbocycles. The van der Waals surface area contributed by atoms with Gasteiger partial charge in [-0.05, 0) is 103 Å². The fraction of sp³-hybridized carbons (Fsp3) is 0.707. The van der Waals surface area contributed by atoms with Crippen LogP contribution in [-0.4, -0.2) is 37.2 Å². The van der Waals surface area contributed by atoms with Crippen LogP contribution in [0.1, 0.15) is 245 Å². The van der Waals surface area contributed by atoms with Gasteiger partial charge < -0.3 is 14.2 Å². The van der Waals surface area contributed by atoms with E-state index >= 15 is 0 Å². The second kappa shape index (κ2) is 52.2. The molecule has 0 rings (SSSR count). The molecule has 1 unspecified atom stereocenters. The van der Waals surface area contributed by atoms with Crippen molar-refractivity contribution >= 4 is 17.9 Å². The Balaban J connectivity index is 4.54. The zero-order valence-electron chi connectivity index (χ0n) is 41.8. The van der Waals surface area contributed by atoms with Crippen LogP contribution in [-0.2, 0) is 28.6 Å². The lowest BCUT2D eigenvalue weighted by molar-refractivity contribution is -0.166. The first kappa shape index (κ1) is 60.6. The summed E-state index contributed by atoms with van der Waals surface area (Å²) in [6.45, 7) is 6.49. The molecule has 0 aromatic rings. The number of allylic oxidation sites excluding steroid dienone is 14. The summed E-state index contributed by atoms with van der Waals surface area (Å²) in [6, 6.07) is 0. The number of rotatable bonds is 47. The molecule has 0 radical (unpaired) electrons. The maximum absolute atomic E-state index is 12.8. The average Bonchev–Trinajstić information content (AvgIpc) is 3.29. The highest BCUT2D eigenvalue weighted by atomic mass is 16.6. The van der Waals surface area contributed by atoms with E-state index in [1.54, 1.807) is 0 Å². The third-order valence-corrected chi connectivity index (χ3v) is 11.1. The predicted molar refractivity (Wildman–Crippen MR) is 274 cm³/mol. The van der Waals surface area contributed by atoms with Crippen LogP contribution >= 0.6 is 0 Å². The molecule has 0 aliphatic carbocycles. The summed E-state index contributed by atoms with van der Waals surface area (Å²) in [5, 5.41) is 0. The highest BCUT2D eigenvalue weighted by Crippen LogP contribution is 2.13. The fourth-order valence-electron chi connectivity index (χ4n) is 7.07. The van der Waals surface area contributed by atoms with Gasteiger partial charge in [-0.1, -0.05) is 209 Å². The maximum atomic E-state index is 12.8. The Morgan fingerprint density at radius 3 is 1.06 bits per heavy atom. The first-order valence-electron chi connectivity index (χ1n) is 26.6. The van der Waals surface area contributed by atoms with Crippen molar-refractivity contribution in [3.63, 3.8) is 0 Å². The summed E-state index contributed by atoms with van der Waals surface area (Å²) in [7, 11) is 0. The van der Waals surface area contributed by atoms with E-state index in [1.807, 2.05) is 6.08 Å². The average molecular weight is 891 g/mol. The van der Waals surface area contributed by atoms with Crippen LogP contribution in [0.2, 0.25) is 0 Å². The Labute approximate surface area is 395 Å². The van der Waals surface area contributed by atoms with Gasteiger partial charge in [0.1, 0.15) is 13.2 Å². The van der Waals surface area contributed by atoms with Crippen molar-refractivity contribution in [2.24, 2.45) is 0 Å². The van der Waals surface area contributed by atoms with E-state index in [4.69, 9.17) is 14.2 Å². The third kappa shape index (κ3) is 49.6. The minimum atomic E-state index is -0.825. The zero-order valence-corrected chi connectivity index (χ0v) is 41.8. The lowest BCUT2D eigenvalue weighted by Gasteiger charge is -2.18. The molecule has 6 nitrogen and oxygen atoms in total. The molecule has 0 aromatic carbocycles. The topological polar surface area (TPSA) is 78.9 Å². The Morgan fingerprint density at radius 2 is 0.609 bits per heavy atom. The van der Waals surface area contributed by atoms with Gasteiger partial charge in [0.05, 0.1) is 0 Å². The fourth-order valence-corrected chi connectivity index (χ4v) is 7.07. The van der Waals surface area contributed by atoms with Crippen molar-refractivity contribution in [3.05, 3.63) is 85.1 Å². The van der Waals surface area contributed by atoms with Gasteiger partial charge in [-0.3, -0.25) is 14.4 Å². The van der Waals surface area contributed by atoms with Gasteiger partial charge in [-0.2, -0.15) is 0 Å². The van der Waals surface area contributed by atoms with Gasteiger partial charge in [0.15, 0.2) is 6.10 Å².